The normalized spacial score (nSPS) is 22.2. The zero-order valence-electron chi connectivity index (χ0n) is 6.53. The third-order valence-corrected chi connectivity index (χ3v) is 3.35. The maximum Gasteiger partial charge on any atom is 0.0552 e. The third-order valence-electron chi connectivity index (χ3n) is 2.16. The van der Waals surface area contributed by atoms with Crippen LogP contribution >= 0.6 is 15.9 Å². The molecule has 1 aliphatic rings. The van der Waals surface area contributed by atoms with Crippen molar-refractivity contribution in [1.82, 2.24) is 0 Å². The van der Waals surface area contributed by atoms with E-state index in [0.717, 1.165) is 18.5 Å². The van der Waals surface area contributed by atoms with Gasteiger partial charge in [0.25, 0.3) is 0 Å². The summed E-state index contributed by atoms with van der Waals surface area (Å²) in [5, 5.41) is 1.11. The van der Waals surface area contributed by atoms with Crippen molar-refractivity contribution in [3.63, 3.8) is 0 Å². The SMILES string of the molecule is CCCCC1(CBr)COC1. The van der Waals surface area contributed by atoms with Crippen molar-refractivity contribution in [2.24, 2.45) is 5.41 Å². The molecule has 1 heterocycles. The van der Waals surface area contributed by atoms with Gasteiger partial charge in [-0.25, -0.2) is 0 Å². The second kappa shape index (κ2) is 3.72. The molecule has 1 saturated heterocycles. The molecule has 0 bridgehead atoms. The van der Waals surface area contributed by atoms with E-state index in [1.807, 2.05) is 0 Å². The Balaban J connectivity index is 2.20. The molecule has 0 aliphatic carbocycles. The first-order valence-corrected chi connectivity index (χ1v) is 5.09. The molecule has 0 atom stereocenters. The molecule has 0 spiro atoms. The molecule has 0 radical (unpaired) electrons. The van der Waals surface area contributed by atoms with Gasteiger partial charge in [0.2, 0.25) is 0 Å². The number of unbranched alkanes of at least 4 members (excludes halogenated alkanes) is 1. The highest BCUT2D eigenvalue weighted by atomic mass is 79.9. The van der Waals surface area contributed by atoms with Crippen LogP contribution in [-0.2, 0) is 4.74 Å². The Kier molecular flexibility index (Phi) is 3.18. The Labute approximate surface area is 71.3 Å². The van der Waals surface area contributed by atoms with E-state index >= 15 is 0 Å². The van der Waals surface area contributed by atoms with Crippen molar-refractivity contribution in [3.05, 3.63) is 0 Å². The zero-order valence-corrected chi connectivity index (χ0v) is 8.11. The van der Waals surface area contributed by atoms with Crippen molar-refractivity contribution in [2.45, 2.75) is 26.2 Å². The fraction of sp³-hybridized carbons (Fsp3) is 1.00. The van der Waals surface area contributed by atoms with E-state index in [1.54, 1.807) is 0 Å². The lowest BCUT2D eigenvalue weighted by Crippen LogP contribution is -2.43. The van der Waals surface area contributed by atoms with Gasteiger partial charge in [0, 0.05) is 10.7 Å². The fourth-order valence-corrected chi connectivity index (χ4v) is 1.83. The first-order chi connectivity index (χ1) is 4.83. The van der Waals surface area contributed by atoms with E-state index < -0.39 is 0 Å². The molecule has 0 unspecified atom stereocenters. The van der Waals surface area contributed by atoms with Crippen molar-refractivity contribution >= 4 is 15.9 Å². The summed E-state index contributed by atoms with van der Waals surface area (Å²) in [5.74, 6) is 0. The minimum absolute atomic E-state index is 0.510. The maximum absolute atomic E-state index is 5.20. The second-order valence-electron chi connectivity index (χ2n) is 3.23. The van der Waals surface area contributed by atoms with Gasteiger partial charge in [0.05, 0.1) is 13.2 Å². The molecular weight excluding hydrogens is 192 g/mol. The summed E-state index contributed by atoms with van der Waals surface area (Å²) in [6.07, 6.45) is 3.97. The number of rotatable bonds is 4. The Morgan fingerprint density at radius 3 is 2.50 bits per heavy atom. The average Bonchev–Trinajstić information content (AvgIpc) is 1.87. The van der Waals surface area contributed by atoms with Crippen LogP contribution in [0.15, 0.2) is 0 Å². The molecule has 60 valence electrons. The summed E-state index contributed by atoms with van der Waals surface area (Å²) >= 11 is 3.53. The first kappa shape index (κ1) is 8.54. The second-order valence-corrected chi connectivity index (χ2v) is 3.79. The molecule has 0 N–H and O–H groups in total. The maximum atomic E-state index is 5.20. The van der Waals surface area contributed by atoms with E-state index in [4.69, 9.17) is 4.74 Å². The molecule has 1 aliphatic heterocycles. The molecule has 1 fully saturated rings. The highest BCUT2D eigenvalue weighted by Crippen LogP contribution is 2.34. The van der Waals surface area contributed by atoms with Crippen molar-refractivity contribution in [1.29, 1.82) is 0 Å². The summed E-state index contributed by atoms with van der Waals surface area (Å²) in [5.41, 5.74) is 0.510. The van der Waals surface area contributed by atoms with Crippen molar-refractivity contribution in [2.75, 3.05) is 18.5 Å². The Morgan fingerprint density at radius 2 is 2.20 bits per heavy atom. The van der Waals surface area contributed by atoms with Crippen LogP contribution in [-0.4, -0.2) is 18.5 Å². The lowest BCUT2D eigenvalue weighted by Gasteiger charge is -2.40. The van der Waals surface area contributed by atoms with E-state index in [9.17, 15) is 0 Å². The quantitative estimate of drug-likeness (QED) is 0.644. The van der Waals surface area contributed by atoms with Gasteiger partial charge in [0.15, 0.2) is 0 Å². The number of alkyl halides is 1. The minimum Gasteiger partial charge on any atom is -0.380 e. The van der Waals surface area contributed by atoms with Gasteiger partial charge in [-0.05, 0) is 6.42 Å². The number of halogens is 1. The van der Waals surface area contributed by atoms with Gasteiger partial charge in [-0.2, -0.15) is 0 Å². The first-order valence-electron chi connectivity index (χ1n) is 3.97. The fourth-order valence-electron chi connectivity index (χ4n) is 1.23. The van der Waals surface area contributed by atoms with Crippen molar-refractivity contribution in [3.8, 4) is 0 Å². The largest absolute Gasteiger partial charge is 0.380 e. The van der Waals surface area contributed by atoms with Gasteiger partial charge in [0.1, 0.15) is 0 Å². The monoisotopic (exact) mass is 206 g/mol. The van der Waals surface area contributed by atoms with E-state index in [2.05, 4.69) is 22.9 Å². The number of hydrogen-bond donors (Lipinski definition) is 0. The topological polar surface area (TPSA) is 9.23 Å². The van der Waals surface area contributed by atoms with Crippen LogP contribution < -0.4 is 0 Å². The smallest absolute Gasteiger partial charge is 0.0552 e. The lowest BCUT2D eigenvalue weighted by molar-refractivity contribution is -0.102. The summed E-state index contributed by atoms with van der Waals surface area (Å²) in [4.78, 5) is 0. The minimum atomic E-state index is 0.510. The third kappa shape index (κ3) is 1.73. The van der Waals surface area contributed by atoms with Gasteiger partial charge in [-0.15, -0.1) is 0 Å². The Morgan fingerprint density at radius 1 is 1.50 bits per heavy atom. The van der Waals surface area contributed by atoms with Gasteiger partial charge < -0.3 is 4.74 Å². The Bertz CT molecular complexity index is 93.9. The van der Waals surface area contributed by atoms with Gasteiger partial charge in [-0.1, -0.05) is 35.7 Å². The number of ether oxygens (including phenoxy) is 1. The molecule has 0 aromatic rings. The van der Waals surface area contributed by atoms with Crippen LogP contribution in [0.1, 0.15) is 26.2 Å². The lowest BCUT2D eigenvalue weighted by atomic mass is 9.83. The summed E-state index contributed by atoms with van der Waals surface area (Å²) in [6, 6.07) is 0. The van der Waals surface area contributed by atoms with E-state index in [-0.39, 0.29) is 0 Å². The van der Waals surface area contributed by atoms with Gasteiger partial charge >= 0.3 is 0 Å². The highest BCUT2D eigenvalue weighted by molar-refractivity contribution is 9.09. The van der Waals surface area contributed by atoms with Crippen LogP contribution in [0.25, 0.3) is 0 Å². The standard InChI is InChI=1S/C8H15BrO/c1-2-3-4-8(5-9)6-10-7-8/h2-7H2,1H3. The molecule has 1 rings (SSSR count). The molecule has 1 nitrogen and oxygen atoms in total. The highest BCUT2D eigenvalue weighted by Gasteiger charge is 2.36. The Hall–Kier alpha value is 0.440. The van der Waals surface area contributed by atoms with Crippen LogP contribution in [0.4, 0.5) is 0 Å². The van der Waals surface area contributed by atoms with Crippen LogP contribution in [0, 0.1) is 5.41 Å². The number of hydrogen-bond acceptors (Lipinski definition) is 1. The van der Waals surface area contributed by atoms with Crippen LogP contribution in [0.5, 0.6) is 0 Å². The molecule has 0 aromatic carbocycles. The molecule has 0 amide bonds. The summed E-state index contributed by atoms with van der Waals surface area (Å²) < 4.78 is 5.20. The average molecular weight is 207 g/mol. The van der Waals surface area contributed by atoms with Crippen LogP contribution in [0.3, 0.4) is 0 Å². The molecular formula is C8H15BrO. The predicted octanol–water partition coefficient (Wildman–Crippen LogP) is 2.59. The molecule has 2 heteroatoms. The predicted molar refractivity (Wildman–Crippen MR) is 46.6 cm³/mol. The summed E-state index contributed by atoms with van der Waals surface area (Å²) in [6.45, 7) is 4.18. The van der Waals surface area contributed by atoms with Gasteiger partial charge in [-0.3, -0.25) is 0 Å². The molecule has 10 heavy (non-hydrogen) atoms. The van der Waals surface area contributed by atoms with E-state index in [1.165, 1.54) is 19.3 Å². The zero-order chi connectivity index (χ0) is 7.45. The van der Waals surface area contributed by atoms with Crippen LogP contribution in [0.2, 0.25) is 0 Å². The molecule has 0 saturated carbocycles. The molecule has 0 aromatic heterocycles. The van der Waals surface area contributed by atoms with E-state index in [0.29, 0.717) is 5.41 Å². The summed E-state index contributed by atoms with van der Waals surface area (Å²) in [7, 11) is 0. The van der Waals surface area contributed by atoms with Crippen molar-refractivity contribution < 1.29 is 4.74 Å².